The van der Waals surface area contributed by atoms with E-state index >= 15 is 0 Å². The van der Waals surface area contributed by atoms with Gasteiger partial charge in [-0.15, -0.1) is 0 Å². The predicted molar refractivity (Wildman–Crippen MR) is 73.8 cm³/mol. The van der Waals surface area contributed by atoms with Gasteiger partial charge in [0.25, 0.3) is 0 Å². The lowest BCUT2D eigenvalue weighted by molar-refractivity contribution is 0.0585. The number of carbonyl (C=O) groups is 1. The minimum Gasteiger partial charge on any atom is -0.398 e. The van der Waals surface area contributed by atoms with Gasteiger partial charge in [-0.3, -0.25) is 4.79 Å². The average molecular weight is 243 g/mol. The molecule has 2 rings (SSSR count). The van der Waals surface area contributed by atoms with Crippen LogP contribution in [0.4, 0.5) is 5.69 Å². The van der Waals surface area contributed by atoms with Gasteiger partial charge < -0.3 is 10.5 Å². The van der Waals surface area contributed by atoms with Gasteiger partial charge in [-0.05, 0) is 36.8 Å². The largest absolute Gasteiger partial charge is 0.398 e. The maximum absolute atomic E-state index is 12.0. The van der Waals surface area contributed by atoms with Crippen LogP contribution < -0.4 is 5.73 Å². The third-order valence-corrected chi connectivity index (χ3v) is 2.77. The second kappa shape index (κ2) is 5.19. The average Bonchev–Trinajstić information content (AvgIpc) is 2.35. The number of fused-ring (bicyclic) bond motifs is 1. The van der Waals surface area contributed by atoms with Crippen molar-refractivity contribution in [1.29, 1.82) is 0 Å². The summed E-state index contributed by atoms with van der Waals surface area (Å²) in [4.78, 5) is 12.0. The van der Waals surface area contributed by atoms with Gasteiger partial charge in [-0.25, -0.2) is 0 Å². The number of carbonyl (C=O) groups excluding carboxylic acids is 1. The van der Waals surface area contributed by atoms with Gasteiger partial charge >= 0.3 is 0 Å². The van der Waals surface area contributed by atoms with Crippen LogP contribution in [0.5, 0.6) is 0 Å². The molecule has 3 heteroatoms. The molecule has 0 amide bonds. The Kier molecular flexibility index (Phi) is 3.63. The van der Waals surface area contributed by atoms with Crippen molar-refractivity contribution in [3.8, 4) is 0 Å². The molecule has 0 atom stereocenters. The number of Topliss-reactive ketones (excluding diaryl/α,β-unsaturated/α-hetero) is 1. The van der Waals surface area contributed by atoms with Gasteiger partial charge in [-0.2, -0.15) is 0 Å². The Bertz CT molecular complexity index is 576. The second-order valence-electron chi connectivity index (χ2n) is 4.57. The van der Waals surface area contributed by atoms with E-state index in [1.165, 1.54) is 0 Å². The number of rotatable bonds is 4. The van der Waals surface area contributed by atoms with E-state index in [0.29, 0.717) is 11.3 Å². The van der Waals surface area contributed by atoms with Gasteiger partial charge in [0.15, 0.2) is 5.78 Å². The van der Waals surface area contributed by atoms with Gasteiger partial charge in [0.1, 0.15) is 6.61 Å². The number of nitrogen functional groups attached to an aromatic ring is 1. The number of benzene rings is 2. The predicted octanol–water partition coefficient (Wildman–Crippen LogP) is 3.03. The zero-order valence-corrected chi connectivity index (χ0v) is 10.6. The Balaban J connectivity index is 2.32. The summed E-state index contributed by atoms with van der Waals surface area (Å²) in [6, 6.07) is 11.5. The second-order valence-corrected chi connectivity index (χ2v) is 4.57. The van der Waals surface area contributed by atoms with Crippen LogP contribution in [0.25, 0.3) is 10.8 Å². The van der Waals surface area contributed by atoms with Crippen LogP contribution in [0, 0.1) is 0 Å². The first-order valence-corrected chi connectivity index (χ1v) is 6.01. The molecule has 94 valence electrons. The quantitative estimate of drug-likeness (QED) is 0.663. The molecule has 0 saturated heterocycles. The molecule has 2 aromatic carbocycles. The third-order valence-electron chi connectivity index (χ3n) is 2.77. The first-order valence-electron chi connectivity index (χ1n) is 6.01. The molecule has 0 aliphatic rings. The lowest BCUT2D eigenvalue weighted by Crippen LogP contribution is -2.14. The minimum atomic E-state index is -0.0769. The zero-order valence-electron chi connectivity index (χ0n) is 10.6. The summed E-state index contributed by atoms with van der Waals surface area (Å²) in [7, 11) is 0. The fourth-order valence-electron chi connectivity index (χ4n) is 1.82. The van der Waals surface area contributed by atoms with Crippen LogP contribution in [-0.4, -0.2) is 18.5 Å². The topological polar surface area (TPSA) is 52.3 Å². The van der Waals surface area contributed by atoms with Crippen LogP contribution in [0.1, 0.15) is 24.2 Å². The number of anilines is 1. The van der Waals surface area contributed by atoms with Crippen LogP contribution in [0.3, 0.4) is 0 Å². The lowest BCUT2D eigenvalue weighted by atomic mass is 10.0. The summed E-state index contributed by atoms with van der Waals surface area (Å²) in [6.45, 7) is 3.87. The minimum absolute atomic E-state index is 0.0376. The lowest BCUT2D eigenvalue weighted by Gasteiger charge is -2.09. The van der Waals surface area contributed by atoms with E-state index in [1.807, 2.05) is 50.2 Å². The number of ether oxygens (including phenoxy) is 1. The molecule has 0 aliphatic heterocycles. The molecule has 0 bridgehead atoms. The van der Waals surface area contributed by atoms with Crippen molar-refractivity contribution in [2.24, 2.45) is 0 Å². The van der Waals surface area contributed by atoms with Gasteiger partial charge in [0.05, 0.1) is 6.10 Å². The molecule has 0 spiro atoms. The molecule has 2 aromatic rings. The smallest absolute Gasteiger partial charge is 0.190 e. The Morgan fingerprint density at radius 1 is 1.22 bits per heavy atom. The van der Waals surface area contributed by atoms with E-state index in [-0.39, 0.29) is 18.5 Å². The molecule has 3 nitrogen and oxygen atoms in total. The highest BCUT2D eigenvalue weighted by molar-refractivity contribution is 6.05. The molecular formula is C15H17NO2. The highest BCUT2D eigenvalue weighted by atomic mass is 16.5. The molecule has 0 heterocycles. The van der Waals surface area contributed by atoms with Crippen molar-refractivity contribution < 1.29 is 9.53 Å². The molecule has 0 radical (unpaired) electrons. The summed E-state index contributed by atoms with van der Waals surface area (Å²) < 4.78 is 5.32. The van der Waals surface area contributed by atoms with E-state index in [1.54, 1.807) is 0 Å². The summed E-state index contributed by atoms with van der Waals surface area (Å²) in [6.07, 6.45) is 0.0376. The van der Waals surface area contributed by atoms with Crippen molar-refractivity contribution in [3.63, 3.8) is 0 Å². The first-order chi connectivity index (χ1) is 8.58. The fourth-order valence-corrected chi connectivity index (χ4v) is 1.82. The molecule has 0 aliphatic carbocycles. The molecule has 18 heavy (non-hydrogen) atoms. The number of hydrogen-bond acceptors (Lipinski definition) is 3. The standard InChI is InChI=1S/C15H17NO2/c1-10(2)18-9-15(17)13-7-11-5-3-4-6-12(11)8-14(13)16/h3-8,10H,9,16H2,1-2H3. The highest BCUT2D eigenvalue weighted by Crippen LogP contribution is 2.22. The summed E-state index contributed by atoms with van der Waals surface area (Å²) in [5.74, 6) is -0.0769. The maximum Gasteiger partial charge on any atom is 0.190 e. The zero-order chi connectivity index (χ0) is 13.1. The number of hydrogen-bond donors (Lipinski definition) is 1. The SMILES string of the molecule is CC(C)OCC(=O)c1cc2ccccc2cc1N. The van der Waals surface area contributed by atoms with Crippen molar-refractivity contribution in [2.75, 3.05) is 12.3 Å². The summed E-state index contributed by atoms with van der Waals surface area (Å²) in [5.41, 5.74) is 6.96. The van der Waals surface area contributed by atoms with E-state index in [9.17, 15) is 4.79 Å². The van der Waals surface area contributed by atoms with E-state index in [4.69, 9.17) is 10.5 Å². The van der Waals surface area contributed by atoms with Crippen LogP contribution in [0.2, 0.25) is 0 Å². The molecule has 2 N–H and O–H groups in total. The Hall–Kier alpha value is -1.87. The van der Waals surface area contributed by atoms with E-state index < -0.39 is 0 Å². The highest BCUT2D eigenvalue weighted by Gasteiger charge is 2.11. The molecule has 0 fully saturated rings. The molecule has 0 aromatic heterocycles. The Morgan fingerprint density at radius 2 is 1.83 bits per heavy atom. The molecule has 0 unspecified atom stereocenters. The van der Waals surface area contributed by atoms with E-state index in [0.717, 1.165) is 10.8 Å². The van der Waals surface area contributed by atoms with Crippen molar-refractivity contribution in [1.82, 2.24) is 0 Å². The molecule has 0 saturated carbocycles. The maximum atomic E-state index is 12.0. The number of ketones is 1. The number of nitrogens with two attached hydrogens (primary N) is 1. The first kappa shape index (κ1) is 12.6. The van der Waals surface area contributed by atoms with Crippen LogP contribution in [0.15, 0.2) is 36.4 Å². The van der Waals surface area contributed by atoms with Crippen LogP contribution in [-0.2, 0) is 4.74 Å². The summed E-state index contributed by atoms with van der Waals surface area (Å²) >= 11 is 0. The monoisotopic (exact) mass is 243 g/mol. The van der Waals surface area contributed by atoms with Gasteiger partial charge in [0, 0.05) is 11.3 Å². The van der Waals surface area contributed by atoms with Crippen LogP contribution >= 0.6 is 0 Å². The van der Waals surface area contributed by atoms with Gasteiger partial charge in [-0.1, -0.05) is 24.3 Å². The van der Waals surface area contributed by atoms with Gasteiger partial charge in [0.2, 0.25) is 0 Å². The fraction of sp³-hybridized carbons (Fsp3) is 0.267. The summed E-state index contributed by atoms with van der Waals surface area (Å²) in [5, 5.41) is 2.05. The third kappa shape index (κ3) is 2.68. The van der Waals surface area contributed by atoms with E-state index in [2.05, 4.69) is 0 Å². The normalized spacial score (nSPS) is 11.1. The Labute approximate surface area is 107 Å². The van der Waals surface area contributed by atoms with Crippen molar-refractivity contribution in [3.05, 3.63) is 42.0 Å². The van der Waals surface area contributed by atoms with Crippen molar-refractivity contribution >= 4 is 22.2 Å². The Morgan fingerprint density at radius 3 is 2.44 bits per heavy atom. The van der Waals surface area contributed by atoms with Crippen molar-refractivity contribution in [2.45, 2.75) is 20.0 Å². The molecular weight excluding hydrogens is 226 g/mol.